The SMILES string of the molecule is FC(F)(F)[C@@H]1CCC[C@@H](Nc2ncccc2-c2cnc3[nH]ccc3n2)C1. The number of rotatable bonds is 3. The topological polar surface area (TPSA) is 66.5 Å². The number of aromatic amines is 1. The van der Waals surface area contributed by atoms with E-state index in [2.05, 4.69) is 25.3 Å². The Hall–Kier alpha value is -2.64. The highest BCUT2D eigenvalue weighted by Crippen LogP contribution is 2.38. The van der Waals surface area contributed by atoms with Gasteiger partial charge in [-0.25, -0.2) is 15.0 Å². The molecule has 1 aliphatic rings. The Morgan fingerprint density at radius 3 is 2.88 bits per heavy atom. The number of alkyl halides is 3. The van der Waals surface area contributed by atoms with E-state index in [9.17, 15) is 13.2 Å². The molecule has 5 nitrogen and oxygen atoms in total. The van der Waals surface area contributed by atoms with Gasteiger partial charge in [-0.1, -0.05) is 6.42 Å². The second-order valence-electron chi connectivity index (χ2n) is 6.61. The average molecular weight is 361 g/mol. The Balaban J connectivity index is 1.59. The van der Waals surface area contributed by atoms with Crippen molar-refractivity contribution in [1.29, 1.82) is 0 Å². The highest BCUT2D eigenvalue weighted by molar-refractivity contribution is 5.78. The lowest BCUT2D eigenvalue weighted by atomic mass is 9.85. The molecule has 0 amide bonds. The molecule has 0 radical (unpaired) electrons. The lowest BCUT2D eigenvalue weighted by molar-refractivity contribution is -0.182. The number of hydrogen-bond acceptors (Lipinski definition) is 4. The van der Waals surface area contributed by atoms with Crippen molar-refractivity contribution in [2.75, 3.05) is 5.32 Å². The van der Waals surface area contributed by atoms with Gasteiger partial charge in [0.15, 0.2) is 5.65 Å². The lowest BCUT2D eigenvalue weighted by Gasteiger charge is -2.31. The molecule has 26 heavy (non-hydrogen) atoms. The fourth-order valence-corrected chi connectivity index (χ4v) is 3.50. The lowest BCUT2D eigenvalue weighted by Crippen LogP contribution is -2.34. The molecule has 3 aromatic heterocycles. The van der Waals surface area contributed by atoms with Gasteiger partial charge in [-0.05, 0) is 37.5 Å². The van der Waals surface area contributed by atoms with Gasteiger partial charge in [0.05, 0.1) is 17.8 Å². The number of anilines is 1. The Morgan fingerprint density at radius 2 is 2.04 bits per heavy atom. The van der Waals surface area contributed by atoms with Crippen LogP contribution in [0.2, 0.25) is 0 Å². The molecule has 0 saturated heterocycles. The summed E-state index contributed by atoms with van der Waals surface area (Å²) in [6.07, 6.45) is 2.41. The van der Waals surface area contributed by atoms with Crippen molar-refractivity contribution in [3.8, 4) is 11.3 Å². The summed E-state index contributed by atoms with van der Waals surface area (Å²) >= 11 is 0. The average Bonchev–Trinajstić information content (AvgIpc) is 3.09. The van der Waals surface area contributed by atoms with Crippen LogP contribution in [-0.2, 0) is 0 Å². The molecule has 0 bridgehead atoms. The summed E-state index contributed by atoms with van der Waals surface area (Å²) in [5.74, 6) is -0.707. The molecule has 3 heterocycles. The van der Waals surface area contributed by atoms with Crippen LogP contribution in [0.3, 0.4) is 0 Å². The quantitative estimate of drug-likeness (QED) is 0.718. The van der Waals surface area contributed by atoms with Gasteiger partial charge in [-0.2, -0.15) is 13.2 Å². The van der Waals surface area contributed by atoms with E-state index < -0.39 is 12.1 Å². The number of hydrogen-bond donors (Lipinski definition) is 2. The third-order valence-electron chi connectivity index (χ3n) is 4.82. The summed E-state index contributed by atoms with van der Waals surface area (Å²) in [7, 11) is 0. The van der Waals surface area contributed by atoms with E-state index in [0.717, 1.165) is 11.1 Å². The Labute approximate surface area is 148 Å². The van der Waals surface area contributed by atoms with Crippen molar-refractivity contribution in [2.45, 2.75) is 37.9 Å². The fourth-order valence-electron chi connectivity index (χ4n) is 3.50. The molecule has 1 saturated carbocycles. The van der Waals surface area contributed by atoms with Crippen LogP contribution in [0.1, 0.15) is 25.7 Å². The van der Waals surface area contributed by atoms with E-state index in [-0.39, 0.29) is 18.9 Å². The Morgan fingerprint density at radius 1 is 1.15 bits per heavy atom. The number of H-pyrrole nitrogens is 1. The first-order valence-electron chi connectivity index (χ1n) is 8.59. The molecule has 1 fully saturated rings. The summed E-state index contributed by atoms with van der Waals surface area (Å²) in [5.41, 5.74) is 2.78. The van der Waals surface area contributed by atoms with E-state index in [0.29, 0.717) is 30.0 Å². The largest absolute Gasteiger partial charge is 0.391 e. The first kappa shape index (κ1) is 16.8. The van der Waals surface area contributed by atoms with Crippen LogP contribution >= 0.6 is 0 Å². The Kier molecular flexibility index (Phi) is 4.26. The summed E-state index contributed by atoms with van der Waals surface area (Å²) in [6, 6.07) is 5.20. The van der Waals surface area contributed by atoms with Crippen molar-refractivity contribution < 1.29 is 13.2 Å². The molecule has 0 aromatic carbocycles. The van der Waals surface area contributed by atoms with Crippen LogP contribution in [0.5, 0.6) is 0 Å². The van der Waals surface area contributed by atoms with E-state index in [1.807, 2.05) is 12.1 Å². The molecular weight excluding hydrogens is 343 g/mol. The normalized spacial score (nSPS) is 21.0. The summed E-state index contributed by atoms with van der Waals surface area (Å²) in [6.45, 7) is 0. The van der Waals surface area contributed by atoms with Crippen LogP contribution in [0.4, 0.5) is 19.0 Å². The maximum atomic E-state index is 13.1. The van der Waals surface area contributed by atoms with Crippen molar-refractivity contribution in [3.63, 3.8) is 0 Å². The zero-order valence-electron chi connectivity index (χ0n) is 13.9. The second-order valence-corrected chi connectivity index (χ2v) is 6.61. The van der Waals surface area contributed by atoms with Gasteiger partial charge in [0.1, 0.15) is 11.3 Å². The summed E-state index contributed by atoms with van der Waals surface area (Å²) < 4.78 is 39.2. The van der Waals surface area contributed by atoms with Gasteiger partial charge < -0.3 is 10.3 Å². The van der Waals surface area contributed by atoms with Gasteiger partial charge in [0.2, 0.25) is 0 Å². The van der Waals surface area contributed by atoms with E-state index in [1.165, 1.54) is 0 Å². The minimum Gasteiger partial charge on any atom is -0.367 e. The maximum absolute atomic E-state index is 13.1. The Bertz CT molecular complexity index is 905. The van der Waals surface area contributed by atoms with Crippen molar-refractivity contribution in [3.05, 3.63) is 36.8 Å². The van der Waals surface area contributed by atoms with E-state index in [4.69, 9.17) is 0 Å². The summed E-state index contributed by atoms with van der Waals surface area (Å²) in [4.78, 5) is 16.2. The highest BCUT2D eigenvalue weighted by Gasteiger charge is 2.42. The molecule has 0 spiro atoms. The number of nitrogens with one attached hydrogen (secondary N) is 2. The fraction of sp³-hybridized carbons (Fsp3) is 0.389. The number of pyridine rings is 1. The third kappa shape index (κ3) is 3.36. The van der Waals surface area contributed by atoms with Crippen LogP contribution in [0.25, 0.3) is 22.4 Å². The van der Waals surface area contributed by atoms with Gasteiger partial charge in [-0.3, -0.25) is 0 Å². The van der Waals surface area contributed by atoms with Crippen LogP contribution < -0.4 is 5.32 Å². The van der Waals surface area contributed by atoms with E-state index in [1.54, 1.807) is 24.7 Å². The molecular formula is C18H18F3N5. The van der Waals surface area contributed by atoms with Crippen LogP contribution in [-0.4, -0.2) is 32.2 Å². The minimum atomic E-state index is -4.14. The van der Waals surface area contributed by atoms with Gasteiger partial charge >= 0.3 is 6.18 Å². The van der Waals surface area contributed by atoms with Crippen molar-refractivity contribution >= 4 is 17.0 Å². The predicted octanol–water partition coefficient (Wildman–Crippen LogP) is 4.55. The monoisotopic (exact) mass is 361 g/mol. The molecule has 4 rings (SSSR count). The van der Waals surface area contributed by atoms with Crippen LogP contribution in [0.15, 0.2) is 36.8 Å². The molecule has 3 aromatic rings. The third-order valence-corrected chi connectivity index (χ3v) is 4.82. The number of nitrogens with zero attached hydrogens (tertiary/aromatic N) is 3. The first-order valence-corrected chi connectivity index (χ1v) is 8.59. The van der Waals surface area contributed by atoms with Crippen molar-refractivity contribution in [1.82, 2.24) is 19.9 Å². The summed E-state index contributed by atoms with van der Waals surface area (Å²) in [5, 5.41) is 3.21. The smallest absolute Gasteiger partial charge is 0.367 e. The zero-order valence-corrected chi connectivity index (χ0v) is 13.9. The molecule has 2 atom stereocenters. The van der Waals surface area contributed by atoms with Gasteiger partial charge in [0, 0.05) is 24.0 Å². The standard InChI is InChI=1S/C18H18F3N5/c19-18(20,21)11-3-1-4-12(9-11)25-16-13(5-2-7-22-16)15-10-24-17-14(26-15)6-8-23-17/h2,5-8,10-12H,1,3-4,9H2,(H,22,25)(H,23,24)/t11-,12-/m1/s1. The molecule has 0 aliphatic heterocycles. The molecule has 8 heteroatoms. The number of halogens is 3. The minimum absolute atomic E-state index is 0.0715. The van der Waals surface area contributed by atoms with Gasteiger partial charge in [0.25, 0.3) is 0 Å². The highest BCUT2D eigenvalue weighted by atomic mass is 19.4. The predicted molar refractivity (Wildman–Crippen MR) is 92.5 cm³/mol. The second kappa shape index (κ2) is 6.59. The van der Waals surface area contributed by atoms with E-state index >= 15 is 0 Å². The number of aromatic nitrogens is 4. The number of fused-ring (bicyclic) bond motifs is 1. The van der Waals surface area contributed by atoms with Crippen molar-refractivity contribution in [2.24, 2.45) is 5.92 Å². The van der Waals surface area contributed by atoms with Crippen LogP contribution in [0, 0.1) is 5.92 Å². The zero-order chi connectivity index (χ0) is 18.1. The first-order chi connectivity index (χ1) is 12.5. The van der Waals surface area contributed by atoms with Gasteiger partial charge in [-0.15, -0.1) is 0 Å². The molecule has 0 unspecified atom stereocenters. The molecule has 2 N–H and O–H groups in total. The molecule has 1 aliphatic carbocycles. The maximum Gasteiger partial charge on any atom is 0.391 e. The molecule has 136 valence electrons.